The van der Waals surface area contributed by atoms with E-state index in [2.05, 4.69) is 0 Å². The molecule has 0 aromatic rings. The summed E-state index contributed by atoms with van der Waals surface area (Å²) in [7, 11) is 0. The normalized spacial score (nSPS) is 36.3. The van der Waals surface area contributed by atoms with Crippen LogP contribution in [0.3, 0.4) is 0 Å². The average Bonchev–Trinajstić information content (AvgIpc) is 2.05. The molecule has 0 aliphatic carbocycles. The van der Waals surface area contributed by atoms with E-state index in [1.165, 1.54) is 0 Å². The summed E-state index contributed by atoms with van der Waals surface area (Å²) in [6, 6.07) is 0. The number of halogens is 1. The van der Waals surface area contributed by atoms with Gasteiger partial charge in [0.25, 0.3) is 0 Å². The summed E-state index contributed by atoms with van der Waals surface area (Å²) < 4.78 is 18.3. The fourth-order valence-corrected chi connectivity index (χ4v) is 1.48. The lowest BCUT2D eigenvalue weighted by atomic mass is 9.78. The van der Waals surface area contributed by atoms with Crippen molar-refractivity contribution >= 4 is 5.97 Å². The third-order valence-electron chi connectivity index (χ3n) is 2.53. The van der Waals surface area contributed by atoms with Crippen LogP contribution in [-0.2, 0) is 9.53 Å². The van der Waals surface area contributed by atoms with E-state index in [1.54, 1.807) is 6.92 Å². The number of hydrogen-bond acceptors (Lipinski definition) is 2. The highest BCUT2D eigenvalue weighted by molar-refractivity contribution is 5.75. The molecule has 12 heavy (non-hydrogen) atoms. The number of aliphatic carboxylic acids is 1. The Bertz CT molecular complexity index is 183. The van der Waals surface area contributed by atoms with Crippen LogP contribution in [0.4, 0.5) is 4.39 Å². The number of alkyl halides is 1. The van der Waals surface area contributed by atoms with E-state index in [-0.39, 0.29) is 19.4 Å². The summed E-state index contributed by atoms with van der Waals surface area (Å²) in [5.74, 6) is -1.09. The van der Waals surface area contributed by atoms with Crippen molar-refractivity contribution in [3.8, 4) is 0 Å². The maximum atomic E-state index is 13.3. The predicted molar refractivity (Wildman–Crippen MR) is 40.7 cm³/mol. The van der Waals surface area contributed by atoms with E-state index < -0.39 is 17.6 Å². The lowest BCUT2D eigenvalue weighted by Gasteiger charge is -2.35. The van der Waals surface area contributed by atoms with E-state index in [9.17, 15) is 9.18 Å². The SMILES string of the molecule is CCC1(C(=O)O)COCCC1F. The first-order valence-electron chi connectivity index (χ1n) is 4.08. The molecule has 0 amide bonds. The number of carboxylic acid groups (broad SMARTS) is 1. The van der Waals surface area contributed by atoms with Crippen LogP contribution < -0.4 is 0 Å². The quantitative estimate of drug-likeness (QED) is 0.688. The number of carbonyl (C=O) groups is 1. The van der Waals surface area contributed by atoms with Crippen LogP contribution in [0.15, 0.2) is 0 Å². The van der Waals surface area contributed by atoms with Gasteiger partial charge in [-0.15, -0.1) is 0 Å². The van der Waals surface area contributed by atoms with Gasteiger partial charge in [0.1, 0.15) is 11.6 Å². The molecule has 70 valence electrons. The zero-order valence-corrected chi connectivity index (χ0v) is 7.05. The van der Waals surface area contributed by atoms with Crippen LogP contribution in [0.2, 0.25) is 0 Å². The Morgan fingerprint density at radius 2 is 2.50 bits per heavy atom. The van der Waals surface area contributed by atoms with Crippen molar-refractivity contribution in [2.75, 3.05) is 13.2 Å². The average molecular weight is 176 g/mol. The van der Waals surface area contributed by atoms with E-state index in [1.807, 2.05) is 0 Å². The van der Waals surface area contributed by atoms with Crippen molar-refractivity contribution < 1.29 is 19.0 Å². The second-order valence-corrected chi connectivity index (χ2v) is 3.12. The molecular formula is C8H13FO3. The standard InChI is InChI=1S/C8H13FO3/c1-2-8(7(10)11)5-12-4-3-6(8)9/h6H,2-5H2,1H3,(H,10,11). The van der Waals surface area contributed by atoms with Gasteiger partial charge in [0, 0.05) is 13.0 Å². The molecule has 1 N–H and O–H groups in total. The molecular weight excluding hydrogens is 163 g/mol. The molecule has 3 nitrogen and oxygen atoms in total. The Labute approximate surface area is 70.5 Å². The van der Waals surface area contributed by atoms with Gasteiger partial charge in [-0.1, -0.05) is 6.92 Å². The van der Waals surface area contributed by atoms with Gasteiger partial charge in [0.15, 0.2) is 0 Å². The molecule has 0 aromatic carbocycles. The summed E-state index contributed by atoms with van der Waals surface area (Å²) in [6.07, 6.45) is -0.794. The molecule has 1 fully saturated rings. The molecule has 0 radical (unpaired) electrons. The minimum absolute atomic E-state index is 0. The fraction of sp³-hybridized carbons (Fsp3) is 0.875. The molecule has 1 saturated heterocycles. The molecule has 1 heterocycles. The monoisotopic (exact) mass is 176 g/mol. The summed E-state index contributed by atoms with van der Waals surface area (Å²) in [5, 5.41) is 8.84. The molecule has 2 unspecified atom stereocenters. The first-order valence-corrected chi connectivity index (χ1v) is 4.08. The summed E-state index contributed by atoms with van der Waals surface area (Å²) >= 11 is 0. The molecule has 2 atom stereocenters. The van der Waals surface area contributed by atoms with Crippen molar-refractivity contribution in [2.45, 2.75) is 25.9 Å². The van der Waals surface area contributed by atoms with Crippen molar-refractivity contribution in [3.63, 3.8) is 0 Å². The second kappa shape index (κ2) is 3.39. The van der Waals surface area contributed by atoms with Gasteiger partial charge in [-0.05, 0) is 6.42 Å². The molecule has 0 aromatic heterocycles. The van der Waals surface area contributed by atoms with Crippen molar-refractivity contribution in [1.29, 1.82) is 0 Å². The molecule has 1 aliphatic heterocycles. The van der Waals surface area contributed by atoms with Crippen LogP contribution in [0.25, 0.3) is 0 Å². The Hall–Kier alpha value is -0.640. The van der Waals surface area contributed by atoms with Gasteiger partial charge in [0.2, 0.25) is 0 Å². The minimum Gasteiger partial charge on any atom is -0.481 e. The van der Waals surface area contributed by atoms with Crippen LogP contribution in [0, 0.1) is 5.41 Å². The number of carboxylic acids is 1. The smallest absolute Gasteiger partial charge is 0.314 e. The van der Waals surface area contributed by atoms with Crippen LogP contribution >= 0.6 is 0 Å². The molecule has 4 heteroatoms. The van der Waals surface area contributed by atoms with Gasteiger partial charge in [-0.25, -0.2) is 4.39 Å². The zero-order chi connectivity index (χ0) is 9.19. The van der Waals surface area contributed by atoms with Gasteiger partial charge >= 0.3 is 5.97 Å². The third kappa shape index (κ3) is 1.31. The Kier molecular flexibility index (Phi) is 2.67. The highest BCUT2D eigenvalue weighted by atomic mass is 19.1. The molecule has 1 aliphatic rings. The first kappa shape index (κ1) is 9.45. The summed E-state index contributed by atoms with van der Waals surface area (Å²) in [5.41, 5.74) is -1.29. The van der Waals surface area contributed by atoms with Gasteiger partial charge in [0.05, 0.1) is 6.61 Å². The van der Waals surface area contributed by atoms with E-state index >= 15 is 0 Å². The van der Waals surface area contributed by atoms with Crippen LogP contribution in [0.1, 0.15) is 19.8 Å². The number of ether oxygens (including phenoxy) is 1. The zero-order valence-electron chi connectivity index (χ0n) is 7.05. The van der Waals surface area contributed by atoms with Crippen LogP contribution in [-0.4, -0.2) is 30.5 Å². The third-order valence-corrected chi connectivity index (χ3v) is 2.53. The predicted octanol–water partition coefficient (Wildman–Crippen LogP) is 1.23. The summed E-state index contributed by atoms with van der Waals surface area (Å²) in [4.78, 5) is 10.8. The molecule has 0 spiro atoms. The van der Waals surface area contributed by atoms with Gasteiger partial charge < -0.3 is 9.84 Å². The van der Waals surface area contributed by atoms with Crippen molar-refractivity contribution in [1.82, 2.24) is 0 Å². The summed E-state index contributed by atoms with van der Waals surface area (Å²) in [6.45, 7) is 2.01. The van der Waals surface area contributed by atoms with Crippen LogP contribution in [0.5, 0.6) is 0 Å². The van der Waals surface area contributed by atoms with Gasteiger partial charge in [-0.2, -0.15) is 0 Å². The first-order chi connectivity index (χ1) is 5.63. The lowest BCUT2D eigenvalue weighted by Crippen LogP contribution is -2.47. The van der Waals surface area contributed by atoms with Crippen molar-refractivity contribution in [2.24, 2.45) is 5.41 Å². The highest BCUT2D eigenvalue weighted by Crippen LogP contribution is 2.34. The molecule has 0 bridgehead atoms. The Morgan fingerprint density at radius 3 is 2.83 bits per heavy atom. The lowest BCUT2D eigenvalue weighted by molar-refractivity contribution is -0.166. The number of hydrogen-bond donors (Lipinski definition) is 1. The highest BCUT2D eigenvalue weighted by Gasteiger charge is 2.47. The Balaban J connectivity index is 2.81. The Morgan fingerprint density at radius 1 is 1.83 bits per heavy atom. The molecule has 1 rings (SSSR count). The van der Waals surface area contributed by atoms with Gasteiger partial charge in [-0.3, -0.25) is 4.79 Å². The largest absolute Gasteiger partial charge is 0.481 e. The maximum absolute atomic E-state index is 13.3. The van der Waals surface area contributed by atoms with E-state index in [4.69, 9.17) is 9.84 Å². The topological polar surface area (TPSA) is 46.5 Å². The minimum atomic E-state index is -1.29. The molecule has 0 saturated carbocycles. The van der Waals surface area contributed by atoms with E-state index in [0.717, 1.165) is 0 Å². The van der Waals surface area contributed by atoms with E-state index in [0.29, 0.717) is 6.61 Å². The maximum Gasteiger partial charge on any atom is 0.314 e. The van der Waals surface area contributed by atoms with Crippen molar-refractivity contribution in [3.05, 3.63) is 0 Å². The number of rotatable bonds is 2. The second-order valence-electron chi connectivity index (χ2n) is 3.12. The fourth-order valence-electron chi connectivity index (χ4n) is 1.48.